The van der Waals surface area contributed by atoms with Crippen LogP contribution in [0.25, 0.3) is 10.9 Å². The Morgan fingerprint density at radius 1 is 1.27 bits per heavy atom. The van der Waals surface area contributed by atoms with Crippen molar-refractivity contribution in [1.82, 2.24) is 9.97 Å². The predicted molar refractivity (Wildman–Crippen MR) is 85.7 cm³/mol. The molecule has 0 unspecified atom stereocenters. The molecule has 0 N–H and O–H groups in total. The number of benzene rings is 1. The summed E-state index contributed by atoms with van der Waals surface area (Å²) in [7, 11) is 1.60. The minimum atomic E-state index is 0.0966. The first-order valence-corrected chi connectivity index (χ1v) is 7.63. The van der Waals surface area contributed by atoms with Crippen molar-refractivity contribution >= 4 is 29.2 Å². The van der Waals surface area contributed by atoms with E-state index in [0.717, 1.165) is 36.4 Å². The summed E-state index contributed by atoms with van der Waals surface area (Å²) >= 11 is 6.12. The third-order valence-electron chi connectivity index (χ3n) is 4.02. The number of halogens is 1. The van der Waals surface area contributed by atoms with Crippen LogP contribution in [0.15, 0.2) is 18.5 Å². The summed E-state index contributed by atoms with van der Waals surface area (Å²) in [5.74, 6) is 3.60. The molecule has 1 aliphatic heterocycles. The Hall–Kier alpha value is -2.00. The zero-order valence-electron chi connectivity index (χ0n) is 12.3. The Bertz CT molecular complexity index is 727. The third kappa shape index (κ3) is 2.95. The molecule has 0 amide bonds. The Morgan fingerprint density at radius 2 is 2.05 bits per heavy atom. The first-order chi connectivity index (χ1) is 10.7. The van der Waals surface area contributed by atoms with Gasteiger partial charge in [-0.25, -0.2) is 15.2 Å². The van der Waals surface area contributed by atoms with Crippen LogP contribution in [-0.4, -0.2) is 29.9 Å². The van der Waals surface area contributed by atoms with E-state index < -0.39 is 0 Å². The lowest BCUT2D eigenvalue weighted by Crippen LogP contribution is -2.27. The molecule has 1 fully saturated rings. The second kappa shape index (κ2) is 6.41. The maximum atomic E-state index is 8.96. The van der Waals surface area contributed by atoms with Crippen LogP contribution in [0.1, 0.15) is 12.8 Å². The molecule has 1 aromatic heterocycles. The first-order valence-electron chi connectivity index (χ1n) is 7.25. The number of fused-ring (bicyclic) bond motifs is 1. The van der Waals surface area contributed by atoms with E-state index in [4.69, 9.17) is 26.3 Å². The van der Waals surface area contributed by atoms with Gasteiger partial charge >= 0.3 is 0 Å². The van der Waals surface area contributed by atoms with Gasteiger partial charge in [0.05, 0.1) is 18.7 Å². The van der Waals surface area contributed by atoms with Crippen molar-refractivity contribution in [3.05, 3.63) is 23.6 Å². The number of hydrogen-bond donors (Lipinski definition) is 0. The second-order valence-corrected chi connectivity index (χ2v) is 5.76. The van der Waals surface area contributed by atoms with Crippen LogP contribution in [0.3, 0.4) is 0 Å². The van der Waals surface area contributed by atoms with Crippen LogP contribution >= 0.6 is 11.6 Å². The molecule has 0 aliphatic carbocycles. The summed E-state index contributed by atoms with van der Waals surface area (Å²) in [6.07, 6.45) is 5.02. The minimum absolute atomic E-state index is 0.0966. The Morgan fingerprint density at radius 3 is 2.73 bits per heavy atom. The summed E-state index contributed by atoms with van der Waals surface area (Å²) in [5.41, 5.74) is 0.720. The smallest absolute Gasteiger partial charge is 0.268 e. The summed E-state index contributed by atoms with van der Waals surface area (Å²) in [6.45, 7) is 0.154. The van der Waals surface area contributed by atoms with Crippen LogP contribution in [-0.2, 0) is 0 Å². The highest BCUT2D eigenvalue weighted by Gasteiger charge is 2.26. The van der Waals surface area contributed by atoms with Gasteiger partial charge in [-0.15, -0.1) is 0 Å². The fourth-order valence-corrected chi connectivity index (χ4v) is 2.97. The molecule has 0 saturated carbocycles. The van der Waals surface area contributed by atoms with E-state index in [9.17, 15) is 0 Å². The fourth-order valence-electron chi connectivity index (χ4n) is 2.77. The van der Waals surface area contributed by atoms with Crippen LogP contribution in [0.5, 0.6) is 11.5 Å². The molecular weight excluding hydrogens is 300 g/mol. The molecule has 0 radical (unpaired) electrons. The quantitative estimate of drug-likeness (QED) is 0.641. The van der Waals surface area contributed by atoms with Gasteiger partial charge in [0, 0.05) is 17.4 Å². The summed E-state index contributed by atoms with van der Waals surface area (Å²) in [4.78, 5) is 8.19. The molecule has 0 atom stereocenters. The SMILES string of the molecule is COc1cc2ncnc(Cl)c2cc1OC1CCB(C#N)CC1. The average Bonchev–Trinajstić information content (AvgIpc) is 2.56. The van der Waals surface area contributed by atoms with E-state index in [0.29, 0.717) is 16.7 Å². The second-order valence-electron chi connectivity index (χ2n) is 5.41. The molecule has 5 nitrogen and oxygen atoms in total. The molecule has 1 saturated heterocycles. The van der Waals surface area contributed by atoms with Crippen LogP contribution in [0, 0.1) is 11.2 Å². The van der Waals surface area contributed by atoms with E-state index in [-0.39, 0.29) is 12.8 Å². The Kier molecular flexibility index (Phi) is 4.35. The van der Waals surface area contributed by atoms with Gasteiger partial charge in [0.1, 0.15) is 11.5 Å². The molecule has 1 aliphatic rings. The molecule has 1 aromatic carbocycles. The zero-order chi connectivity index (χ0) is 15.5. The zero-order valence-corrected chi connectivity index (χ0v) is 13.0. The third-order valence-corrected chi connectivity index (χ3v) is 4.32. The molecule has 7 heteroatoms. The van der Waals surface area contributed by atoms with Gasteiger partial charge in [0.15, 0.2) is 11.5 Å². The first kappa shape index (κ1) is 14.9. The van der Waals surface area contributed by atoms with Crippen molar-refractivity contribution in [3.8, 4) is 17.5 Å². The molecule has 3 rings (SSSR count). The number of methoxy groups -OCH3 is 1. The van der Waals surface area contributed by atoms with Crippen molar-refractivity contribution < 1.29 is 9.47 Å². The maximum absolute atomic E-state index is 8.96. The van der Waals surface area contributed by atoms with Gasteiger partial charge in [-0.05, 0) is 18.9 Å². The normalized spacial score (nSPS) is 15.6. The van der Waals surface area contributed by atoms with Crippen LogP contribution < -0.4 is 9.47 Å². The van der Waals surface area contributed by atoms with E-state index in [2.05, 4.69) is 15.9 Å². The Labute approximate surface area is 134 Å². The number of rotatable bonds is 3. The van der Waals surface area contributed by atoms with E-state index in [1.807, 2.05) is 6.07 Å². The number of nitrogens with zero attached hydrogens (tertiary/aromatic N) is 3. The highest BCUT2D eigenvalue weighted by molar-refractivity contribution is 6.67. The minimum Gasteiger partial charge on any atom is -0.493 e. The van der Waals surface area contributed by atoms with Crippen LogP contribution in [0.2, 0.25) is 17.8 Å². The summed E-state index contributed by atoms with van der Waals surface area (Å²) < 4.78 is 11.5. The molecular formula is C15H15BClN3O2. The fraction of sp³-hybridized carbons (Fsp3) is 0.400. The number of ether oxygens (including phenoxy) is 2. The lowest BCUT2D eigenvalue weighted by atomic mass is 9.42. The molecule has 112 valence electrons. The van der Waals surface area contributed by atoms with Gasteiger partial charge in [-0.2, -0.15) is 0 Å². The molecule has 2 heterocycles. The lowest BCUT2D eigenvalue weighted by molar-refractivity contribution is 0.180. The molecule has 22 heavy (non-hydrogen) atoms. The molecule has 0 bridgehead atoms. The van der Waals surface area contributed by atoms with E-state index in [1.165, 1.54) is 6.33 Å². The van der Waals surface area contributed by atoms with E-state index >= 15 is 0 Å². The van der Waals surface area contributed by atoms with Gasteiger partial charge < -0.3 is 9.47 Å². The average molecular weight is 316 g/mol. The van der Waals surface area contributed by atoms with Gasteiger partial charge in [0.25, 0.3) is 6.71 Å². The van der Waals surface area contributed by atoms with Gasteiger partial charge in [0.2, 0.25) is 0 Å². The topological polar surface area (TPSA) is 68.0 Å². The van der Waals surface area contributed by atoms with Gasteiger partial charge in [-0.1, -0.05) is 24.2 Å². The highest BCUT2D eigenvalue weighted by atomic mass is 35.5. The largest absolute Gasteiger partial charge is 0.493 e. The number of hydrogen-bond acceptors (Lipinski definition) is 5. The van der Waals surface area contributed by atoms with Crippen molar-refractivity contribution in [3.63, 3.8) is 0 Å². The lowest BCUT2D eigenvalue weighted by Gasteiger charge is -2.25. The molecule has 0 spiro atoms. The van der Waals surface area contributed by atoms with Crippen molar-refractivity contribution in [1.29, 1.82) is 5.26 Å². The van der Waals surface area contributed by atoms with Crippen molar-refractivity contribution in [2.45, 2.75) is 31.6 Å². The Balaban J connectivity index is 1.86. The molecule has 2 aromatic rings. The standard InChI is InChI=1S/C15H15BClN3O2/c1-21-13-7-12-11(15(17)20-9-19-12)6-14(13)22-10-2-4-16(8-18)5-3-10/h6-7,9-10H,2-5H2,1H3. The number of aromatic nitrogens is 2. The highest BCUT2D eigenvalue weighted by Crippen LogP contribution is 2.36. The monoisotopic (exact) mass is 315 g/mol. The summed E-state index contributed by atoms with van der Waals surface area (Å²) in [5, 5.41) is 10.1. The maximum Gasteiger partial charge on any atom is 0.268 e. The number of nitriles is 1. The van der Waals surface area contributed by atoms with E-state index in [1.54, 1.807) is 13.2 Å². The summed E-state index contributed by atoms with van der Waals surface area (Å²) in [6, 6.07) is 3.63. The predicted octanol–water partition coefficient (Wildman–Crippen LogP) is 3.39. The van der Waals surface area contributed by atoms with Crippen molar-refractivity contribution in [2.75, 3.05) is 7.11 Å². The van der Waals surface area contributed by atoms with Gasteiger partial charge in [-0.3, -0.25) is 0 Å². The van der Waals surface area contributed by atoms with Crippen LogP contribution in [0.4, 0.5) is 0 Å². The van der Waals surface area contributed by atoms with Crippen molar-refractivity contribution in [2.24, 2.45) is 0 Å².